The first-order valence-electron chi connectivity index (χ1n) is 7.92. The zero-order chi connectivity index (χ0) is 15.5. The second-order valence-electron chi connectivity index (χ2n) is 6.24. The Morgan fingerprint density at radius 3 is 2.57 bits per heavy atom. The molecule has 2 aliphatic rings. The molecule has 6 nitrogen and oxygen atoms in total. The first-order valence-corrected chi connectivity index (χ1v) is 7.92. The summed E-state index contributed by atoms with van der Waals surface area (Å²) >= 11 is 0. The van der Waals surface area contributed by atoms with Gasteiger partial charge in [0.15, 0.2) is 0 Å². The van der Waals surface area contributed by atoms with Crippen LogP contribution in [-0.2, 0) is 9.53 Å². The molecule has 2 unspecified atom stereocenters. The first kappa shape index (κ1) is 16.1. The number of aliphatic carboxylic acids is 1. The Hall–Kier alpha value is -1.30. The van der Waals surface area contributed by atoms with Crippen molar-refractivity contribution in [2.45, 2.75) is 70.1 Å². The highest BCUT2D eigenvalue weighted by atomic mass is 16.5. The summed E-state index contributed by atoms with van der Waals surface area (Å²) < 4.78 is 5.59. The topological polar surface area (TPSA) is 78.9 Å². The quantitative estimate of drug-likeness (QED) is 0.835. The molecular weight excluding hydrogens is 272 g/mol. The predicted molar refractivity (Wildman–Crippen MR) is 78.2 cm³/mol. The average Bonchev–Trinajstić information content (AvgIpc) is 2.48. The van der Waals surface area contributed by atoms with Gasteiger partial charge in [-0.15, -0.1) is 0 Å². The molecule has 2 fully saturated rings. The van der Waals surface area contributed by atoms with Gasteiger partial charge >= 0.3 is 12.0 Å². The van der Waals surface area contributed by atoms with E-state index in [4.69, 9.17) is 4.74 Å². The molecule has 2 amide bonds. The minimum absolute atomic E-state index is 0.00863. The Bertz CT molecular complexity index is 393. The van der Waals surface area contributed by atoms with Crippen molar-refractivity contribution in [1.82, 2.24) is 10.2 Å². The van der Waals surface area contributed by atoms with Crippen LogP contribution in [0.25, 0.3) is 0 Å². The van der Waals surface area contributed by atoms with E-state index in [2.05, 4.69) is 5.32 Å². The second kappa shape index (κ2) is 6.64. The number of hydrogen-bond acceptors (Lipinski definition) is 3. The molecule has 6 heteroatoms. The van der Waals surface area contributed by atoms with Crippen LogP contribution in [0, 0.1) is 0 Å². The van der Waals surface area contributed by atoms with Gasteiger partial charge in [0, 0.05) is 6.54 Å². The number of carbonyl (C=O) groups excluding carboxylic acids is 1. The highest BCUT2D eigenvalue weighted by Crippen LogP contribution is 2.29. The van der Waals surface area contributed by atoms with Gasteiger partial charge in [-0.05, 0) is 26.2 Å². The third kappa shape index (κ3) is 3.48. The summed E-state index contributed by atoms with van der Waals surface area (Å²) in [4.78, 5) is 26.0. The molecule has 1 saturated carbocycles. The van der Waals surface area contributed by atoms with Crippen LogP contribution in [0.2, 0.25) is 0 Å². The Morgan fingerprint density at radius 2 is 2.00 bits per heavy atom. The summed E-state index contributed by atoms with van der Waals surface area (Å²) in [7, 11) is 0. The number of hydrogen-bond donors (Lipinski definition) is 2. The van der Waals surface area contributed by atoms with Crippen molar-refractivity contribution in [3.05, 3.63) is 0 Å². The molecule has 1 aliphatic carbocycles. The van der Waals surface area contributed by atoms with Gasteiger partial charge in [0.25, 0.3) is 0 Å². The molecule has 21 heavy (non-hydrogen) atoms. The molecule has 0 radical (unpaired) electrons. The number of carboxylic acid groups (broad SMARTS) is 1. The Labute approximate surface area is 125 Å². The van der Waals surface area contributed by atoms with Crippen LogP contribution in [0.1, 0.15) is 52.4 Å². The normalized spacial score (nSPS) is 29.0. The van der Waals surface area contributed by atoms with Crippen molar-refractivity contribution in [3.63, 3.8) is 0 Å². The minimum atomic E-state index is -1.09. The van der Waals surface area contributed by atoms with Crippen molar-refractivity contribution in [3.8, 4) is 0 Å². The number of amides is 2. The first-order chi connectivity index (χ1) is 9.98. The van der Waals surface area contributed by atoms with Gasteiger partial charge in [0.1, 0.15) is 5.54 Å². The van der Waals surface area contributed by atoms with Gasteiger partial charge in [-0.1, -0.05) is 26.2 Å². The van der Waals surface area contributed by atoms with E-state index in [1.165, 1.54) is 0 Å². The molecule has 2 rings (SSSR count). The molecule has 120 valence electrons. The fourth-order valence-corrected chi connectivity index (χ4v) is 3.26. The van der Waals surface area contributed by atoms with E-state index in [0.717, 1.165) is 25.7 Å². The van der Waals surface area contributed by atoms with E-state index in [-0.39, 0.29) is 18.2 Å². The van der Waals surface area contributed by atoms with Crippen LogP contribution in [0.3, 0.4) is 0 Å². The lowest BCUT2D eigenvalue weighted by Gasteiger charge is -2.41. The molecule has 0 aromatic heterocycles. The molecule has 0 spiro atoms. The van der Waals surface area contributed by atoms with Crippen molar-refractivity contribution in [1.29, 1.82) is 0 Å². The number of carbonyl (C=O) groups is 2. The van der Waals surface area contributed by atoms with Crippen molar-refractivity contribution < 1.29 is 19.4 Å². The standard InChI is InChI=1S/C15H26N2O4/c1-3-12-10-21-11(2)9-17(12)14(20)16-15(13(18)19)7-5-4-6-8-15/h11-12H,3-10H2,1-2H3,(H,16,20)(H,18,19). The summed E-state index contributed by atoms with van der Waals surface area (Å²) in [6.45, 7) is 4.97. The fraction of sp³-hybridized carbons (Fsp3) is 0.867. The zero-order valence-corrected chi connectivity index (χ0v) is 12.9. The summed E-state index contributed by atoms with van der Waals surface area (Å²) in [5, 5.41) is 12.4. The van der Waals surface area contributed by atoms with Crippen LogP contribution >= 0.6 is 0 Å². The lowest BCUT2D eigenvalue weighted by atomic mass is 9.82. The SMILES string of the molecule is CCC1COC(C)CN1C(=O)NC1(C(=O)O)CCCCC1. The minimum Gasteiger partial charge on any atom is -0.480 e. The summed E-state index contributed by atoms with van der Waals surface area (Å²) in [6.07, 6.45) is 4.57. The predicted octanol–water partition coefficient (Wildman–Crippen LogP) is 1.98. The fourth-order valence-electron chi connectivity index (χ4n) is 3.26. The molecule has 1 saturated heterocycles. The smallest absolute Gasteiger partial charge is 0.329 e. The number of ether oxygens (including phenoxy) is 1. The third-order valence-corrected chi connectivity index (χ3v) is 4.66. The van der Waals surface area contributed by atoms with E-state index in [9.17, 15) is 14.7 Å². The van der Waals surface area contributed by atoms with Gasteiger partial charge in [0.05, 0.1) is 18.8 Å². The molecule has 1 aliphatic heterocycles. The van der Waals surface area contributed by atoms with E-state index >= 15 is 0 Å². The Balaban J connectivity index is 2.08. The van der Waals surface area contributed by atoms with E-state index in [1.807, 2.05) is 13.8 Å². The summed E-state index contributed by atoms with van der Waals surface area (Å²) in [5.41, 5.74) is -1.09. The number of nitrogens with one attached hydrogen (secondary N) is 1. The van der Waals surface area contributed by atoms with E-state index < -0.39 is 11.5 Å². The highest BCUT2D eigenvalue weighted by molar-refractivity contribution is 5.86. The third-order valence-electron chi connectivity index (χ3n) is 4.66. The van der Waals surface area contributed by atoms with Gasteiger partial charge in [-0.3, -0.25) is 0 Å². The molecule has 2 atom stereocenters. The molecule has 1 heterocycles. The van der Waals surface area contributed by atoms with Gasteiger partial charge in [-0.2, -0.15) is 0 Å². The van der Waals surface area contributed by atoms with Crippen molar-refractivity contribution >= 4 is 12.0 Å². The van der Waals surface area contributed by atoms with Crippen LogP contribution in [0.4, 0.5) is 4.79 Å². The maximum absolute atomic E-state index is 12.6. The van der Waals surface area contributed by atoms with Gasteiger partial charge in [0.2, 0.25) is 0 Å². The number of carboxylic acids is 1. The molecule has 0 aromatic rings. The van der Waals surface area contributed by atoms with Crippen LogP contribution in [0.15, 0.2) is 0 Å². The lowest BCUT2D eigenvalue weighted by Crippen LogP contribution is -2.62. The number of rotatable bonds is 3. The molecule has 2 N–H and O–H groups in total. The van der Waals surface area contributed by atoms with Crippen molar-refractivity contribution in [2.75, 3.05) is 13.2 Å². The van der Waals surface area contributed by atoms with E-state index in [0.29, 0.717) is 26.0 Å². The highest BCUT2D eigenvalue weighted by Gasteiger charge is 2.43. The summed E-state index contributed by atoms with van der Waals surface area (Å²) in [6, 6.07) is -0.239. The number of nitrogens with zero attached hydrogens (tertiary/aromatic N) is 1. The molecule has 0 aromatic carbocycles. The van der Waals surface area contributed by atoms with Crippen LogP contribution in [-0.4, -0.2) is 52.8 Å². The van der Waals surface area contributed by atoms with Gasteiger partial charge < -0.3 is 20.1 Å². The second-order valence-corrected chi connectivity index (χ2v) is 6.24. The van der Waals surface area contributed by atoms with E-state index in [1.54, 1.807) is 4.90 Å². The monoisotopic (exact) mass is 298 g/mol. The lowest BCUT2D eigenvalue weighted by molar-refractivity contribution is -0.146. The Morgan fingerprint density at radius 1 is 1.33 bits per heavy atom. The maximum Gasteiger partial charge on any atom is 0.329 e. The van der Waals surface area contributed by atoms with Crippen LogP contribution < -0.4 is 5.32 Å². The Kier molecular flexibility index (Phi) is 5.08. The maximum atomic E-state index is 12.6. The number of urea groups is 1. The van der Waals surface area contributed by atoms with Gasteiger partial charge in [-0.25, -0.2) is 9.59 Å². The average molecular weight is 298 g/mol. The van der Waals surface area contributed by atoms with Crippen LogP contribution in [0.5, 0.6) is 0 Å². The number of morpholine rings is 1. The zero-order valence-electron chi connectivity index (χ0n) is 12.9. The summed E-state index contributed by atoms with van der Waals surface area (Å²) in [5.74, 6) is -0.912. The molecule has 0 bridgehead atoms. The largest absolute Gasteiger partial charge is 0.480 e. The molecular formula is C15H26N2O4. The van der Waals surface area contributed by atoms with Crippen molar-refractivity contribution in [2.24, 2.45) is 0 Å².